The summed E-state index contributed by atoms with van der Waals surface area (Å²) in [5.41, 5.74) is 6.43. The van der Waals surface area contributed by atoms with Crippen LogP contribution in [-0.4, -0.2) is 34.4 Å². The number of nitrogens with one attached hydrogen (secondary N) is 1. The monoisotopic (exact) mass is 294 g/mol. The zero-order chi connectivity index (χ0) is 14.4. The Hall–Kier alpha value is -1.73. The molecule has 1 amide bonds. The lowest BCUT2D eigenvalue weighted by Crippen LogP contribution is -2.24. The second kappa shape index (κ2) is 7.16. The molecule has 0 bridgehead atoms. The van der Waals surface area contributed by atoms with Gasteiger partial charge >= 0.3 is 0 Å². The van der Waals surface area contributed by atoms with Crippen molar-refractivity contribution in [3.05, 3.63) is 17.1 Å². The van der Waals surface area contributed by atoms with Gasteiger partial charge in [0.15, 0.2) is 0 Å². The fraction of sp³-hybridized carbons (Fsp3) is 0.462. The number of hydrogen-bond acceptors (Lipinski definition) is 6. The minimum absolute atomic E-state index is 0.160. The first-order valence-electron chi connectivity index (χ1n) is 6.62. The largest absolute Gasteiger partial charge is 0.397 e. The van der Waals surface area contributed by atoms with E-state index < -0.39 is 0 Å². The van der Waals surface area contributed by atoms with Crippen molar-refractivity contribution in [2.45, 2.75) is 25.7 Å². The fourth-order valence-electron chi connectivity index (χ4n) is 1.91. The maximum absolute atomic E-state index is 12.1. The van der Waals surface area contributed by atoms with Crippen LogP contribution in [0.1, 0.15) is 35.4 Å². The third-order valence-electron chi connectivity index (χ3n) is 3.00. The van der Waals surface area contributed by atoms with E-state index in [-0.39, 0.29) is 12.5 Å². The highest BCUT2D eigenvalue weighted by molar-refractivity contribution is 7.21. The van der Waals surface area contributed by atoms with E-state index in [0.29, 0.717) is 21.9 Å². The number of nitrogens with two attached hydrogens (primary N) is 1. The first-order valence-corrected chi connectivity index (χ1v) is 7.44. The molecule has 0 aromatic carbocycles. The van der Waals surface area contributed by atoms with Crippen molar-refractivity contribution < 1.29 is 9.90 Å². The van der Waals surface area contributed by atoms with E-state index in [1.54, 1.807) is 12.3 Å². The standard InChI is InChI=1S/C13H18N4O2S/c14-10-9-5-7-16-17-13(9)20-11(10)12(19)15-6-3-1-2-4-8-18/h5,7,18H,1-4,6,8,14H2,(H,15,19). The lowest BCUT2D eigenvalue weighted by molar-refractivity contribution is 0.0957. The van der Waals surface area contributed by atoms with Crippen LogP contribution in [0.2, 0.25) is 0 Å². The van der Waals surface area contributed by atoms with Crippen LogP contribution in [0.15, 0.2) is 12.3 Å². The molecule has 0 saturated heterocycles. The van der Waals surface area contributed by atoms with Crippen LogP contribution in [-0.2, 0) is 0 Å². The van der Waals surface area contributed by atoms with Crippen LogP contribution in [0.25, 0.3) is 10.2 Å². The number of aromatic nitrogens is 2. The fourth-order valence-corrected chi connectivity index (χ4v) is 2.87. The predicted octanol–water partition coefficient (Wildman–Crippen LogP) is 1.56. The van der Waals surface area contributed by atoms with Crippen LogP contribution in [0.4, 0.5) is 5.69 Å². The average molecular weight is 294 g/mol. The Kier molecular flexibility index (Phi) is 5.25. The Balaban J connectivity index is 1.89. The molecular weight excluding hydrogens is 276 g/mol. The highest BCUT2D eigenvalue weighted by Gasteiger charge is 2.16. The Bertz CT molecular complexity index is 585. The summed E-state index contributed by atoms with van der Waals surface area (Å²) < 4.78 is 0. The highest BCUT2D eigenvalue weighted by atomic mass is 32.1. The molecular formula is C13H18N4O2S. The predicted molar refractivity (Wildman–Crippen MR) is 79.7 cm³/mol. The lowest BCUT2D eigenvalue weighted by Gasteiger charge is -2.04. The third kappa shape index (κ3) is 3.43. The summed E-state index contributed by atoms with van der Waals surface area (Å²) in [6, 6.07) is 1.76. The van der Waals surface area contributed by atoms with E-state index in [1.807, 2.05) is 0 Å². The number of aliphatic hydroxyl groups is 1. The van der Waals surface area contributed by atoms with Gasteiger partial charge in [-0.25, -0.2) is 0 Å². The van der Waals surface area contributed by atoms with Gasteiger partial charge in [-0.3, -0.25) is 4.79 Å². The van der Waals surface area contributed by atoms with Crippen molar-refractivity contribution in [3.8, 4) is 0 Å². The summed E-state index contributed by atoms with van der Waals surface area (Å²) >= 11 is 1.26. The molecule has 7 heteroatoms. The highest BCUT2D eigenvalue weighted by Crippen LogP contribution is 2.31. The summed E-state index contributed by atoms with van der Waals surface area (Å²) in [6.45, 7) is 0.843. The van der Waals surface area contributed by atoms with Crippen LogP contribution in [0.3, 0.4) is 0 Å². The van der Waals surface area contributed by atoms with Gasteiger partial charge in [0.25, 0.3) is 5.91 Å². The van der Waals surface area contributed by atoms with E-state index in [4.69, 9.17) is 10.8 Å². The number of nitrogen functional groups attached to an aromatic ring is 1. The quantitative estimate of drug-likeness (QED) is 0.673. The number of carbonyl (C=O) groups is 1. The van der Waals surface area contributed by atoms with Gasteiger partial charge in [-0.2, -0.15) is 5.10 Å². The van der Waals surface area contributed by atoms with Crippen LogP contribution in [0.5, 0.6) is 0 Å². The van der Waals surface area contributed by atoms with Crippen molar-refractivity contribution in [3.63, 3.8) is 0 Å². The summed E-state index contributed by atoms with van der Waals surface area (Å²) in [5.74, 6) is -0.160. The van der Waals surface area contributed by atoms with Crippen LogP contribution >= 0.6 is 11.3 Å². The molecule has 0 aliphatic carbocycles. The molecule has 0 radical (unpaired) electrons. The van der Waals surface area contributed by atoms with Crippen molar-refractivity contribution in [1.82, 2.24) is 15.5 Å². The van der Waals surface area contributed by atoms with Gasteiger partial charge in [0, 0.05) is 18.5 Å². The summed E-state index contributed by atoms with van der Waals surface area (Å²) in [5, 5.41) is 20.0. The molecule has 2 aromatic rings. The SMILES string of the molecule is Nc1c(C(=O)NCCCCCCO)sc2nnccc12. The van der Waals surface area contributed by atoms with Crippen LogP contribution < -0.4 is 11.1 Å². The number of fused-ring (bicyclic) bond motifs is 1. The summed E-state index contributed by atoms with van der Waals surface area (Å²) in [7, 11) is 0. The molecule has 0 atom stereocenters. The van der Waals surface area contributed by atoms with Crippen molar-refractivity contribution in [1.29, 1.82) is 0 Å². The van der Waals surface area contributed by atoms with E-state index >= 15 is 0 Å². The Morgan fingerprint density at radius 2 is 2.15 bits per heavy atom. The molecule has 0 spiro atoms. The van der Waals surface area contributed by atoms with E-state index in [2.05, 4.69) is 15.5 Å². The molecule has 20 heavy (non-hydrogen) atoms. The van der Waals surface area contributed by atoms with Crippen LogP contribution in [0, 0.1) is 0 Å². The molecule has 0 saturated carbocycles. The molecule has 6 nitrogen and oxygen atoms in total. The van der Waals surface area contributed by atoms with Gasteiger partial charge in [0.05, 0.1) is 11.9 Å². The molecule has 0 aliphatic heterocycles. The smallest absolute Gasteiger partial charge is 0.263 e. The number of aliphatic hydroxyl groups excluding tert-OH is 1. The number of unbranched alkanes of at least 4 members (excludes halogenated alkanes) is 3. The molecule has 2 heterocycles. The Labute approximate surface area is 121 Å². The number of carbonyl (C=O) groups excluding carboxylic acids is 1. The molecule has 2 aromatic heterocycles. The number of amides is 1. The maximum Gasteiger partial charge on any atom is 0.263 e. The first-order chi connectivity index (χ1) is 9.74. The summed E-state index contributed by atoms with van der Waals surface area (Å²) in [6.07, 6.45) is 5.25. The Morgan fingerprint density at radius 3 is 2.90 bits per heavy atom. The molecule has 0 unspecified atom stereocenters. The molecule has 4 N–H and O–H groups in total. The molecule has 108 valence electrons. The topological polar surface area (TPSA) is 101 Å². The minimum atomic E-state index is -0.160. The number of anilines is 1. The van der Waals surface area contributed by atoms with E-state index in [0.717, 1.165) is 31.1 Å². The van der Waals surface area contributed by atoms with E-state index in [9.17, 15) is 4.79 Å². The zero-order valence-electron chi connectivity index (χ0n) is 11.1. The van der Waals surface area contributed by atoms with Crippen molar-refractivity contribution in [2.24, 2.45) is 0 Å². The lowest BCUT2D eigenvalue weighted by atomic mass is 10.2. The second-order valence-corrected chi connectivity index (χ2v) is 5.49. The molecule has 2 rings (SSSR count). The number of hydrogen-bond donors (Lipinski definition) is 3. The third-order valence-corrected chi connectivity index (χ3v) is 4.10. The van der Waals surface area contributed by atoms with Crippen molar-refractivity contribution >= 4 is 33.1 Å². The normalized spacial score (nSPS) is 10.8. The average Bonchev–Trinajstić information content (AvgIpc) is 2.80. The van der Waals surface area contributed by atoms with Crippen molar-refractivity contribution in [2.75, 3.05) is 18.9 Å². The maximum atomic E-state index is 12.1. The second-order valence-electron chi connectivity index (χ2n) is 4.49. The van der Waals surface area contributed by atoms with Gasteiger partial charge in [0.1, 0.15) is 9.71 Å². The summed E-state index contributed by atoms with van der Waals surface area (Å²) in [4.78, 5) is 13.2. The molecule has 0 fully saturated rings. The van der Waals surface area contributed by atoms with Gasteiger partial charge in [0.2, 0.25) is 0 Å². The number of nitrogens with zero attached hydrogens (tertiary/aromatic N) is 2. The number of rotatable bonds is 7. The Morgan fingerprint density at radius 1 is 1.35 bits per heavy atom. The van der Waals surface area contributed by atoms with Gasteiger partial charge in [-0.05, 0) is 18.9 Å². The first kappa shape index (κ1) is 14.7. The van der Waals surface area contributed by atoms with Gasteiger partial charge in [-0.15, -0.1) is 16.4 Å². The van der Waals surface area contributed by atoms with Gasteiger partial charge < -0.3 is 16.2 Å². The van der Waals surface area contributed by atoms with Gasteiger partial charge in [-0.1, -0.05) is 12.8 Å². The minimum Gasteiger partial charge on any atom is -0.397 e. The van der Waals surface area contributed by atoms with E-state index in [1.165, 1.54) is 11.3 Å². The zero-order valence-corrected chi connectivity index (χ0v) is 11.9. The molecule has 0 aliphatic rings. The number of thiophene rings is 1.